The monoisotopic (exact) mass is 493 g/mol. The number of amides is 1. The SMILES string of the molecule is C[C@@H]1[C@H]([C@@H](C(=O)O)[C@@H](C)O)N=C(C(=O)O)[C@@H]1S[C@@H]1CN[C@H](C(=O)Nc2cccc(C(=O)O)c2)C1. The lowest BCUT2D eigenvalue weighted by atomic mass is 9.86. The van der Waals surface area contributed by atoms with Gasteiger partial charge in [-0.25, -0.2) is 9.59 Å². The van der Waals surface area contributed by atoms with Crippen LogP contribution < -0.4 is 10.6 Å². The van der Waals surface area contributed by atoms with E-state index in [1.807, 2.05) is 0 Å². The van der Waals surface area contributed by atoms with E-state index in [0.717, 1.165) is 0 Å². The number of carboxylic acids is 3. The lowest BCUT2D eigenvalue weighted by Gasteiger charge is -2.27. The zero-order chi connectivity index (χ0) is 25.2. The molecule has 0 radical (unpaired) electrons. The Bertz CT molecular complexity index is 1010. The van der Waals surface area contributed by atoms with Gasteiger partial charge in [-0.2, -0.15) is 0 Å². The number of nitrogens with zero attached hydrogens (tertiary/aromatic N) is 1. The molecule has 1 aromatic carbocycles. The maximum absolute atomic E-state index is 12.7. The summed E-state index contributed by atoms with van der Waals surface area (Å²) in [6, 6.07) is 4.45. The molecular formula is C22H27N3O8S. The first-order chi connectivity index (χ1) is 16.0. The second kappa shape index (κ2) is 10.5. The summed E-state index contributed by atoms with van der Waals surface area (Å²) >= 11 is 1.33. The quantitative estimate of drug-likeness (QED) is 0.287. The Morgan fingerprint density at radius 2 is 1.88 bits per heavy atom. The van der Waals surface area contributed by atoms with Gasteiger partial charge in [0.1, 0.15) is 11.6 Å². The molecule has 0 aromatic heterocycles. The van der Waals surface area contributed by atoms with Crippen molar-refractivity contribution < 1.29 is 39.6 Å². The Morgan fingerprint density at radius 3 is 2.47 bits per heavy atom. The minimum atomic E-state index is -1.24. The molecule has 1 amide bonds. The highest BCUT2D eigenvalue weighted by Gasteiger charge is 2.48. The number of aliphatic imine (C=N–C) groups is 1. The fraction of sp³-hybridized carbons (Fsp3) is 0.500. The molecule has 1 fully saturated rings. The Kier molecular flexibility index (Phi) is 7.95. The van der Waals surface area contributed by atoms with Crippen LogP contribution in [-0.2, 0) is 14.4 Å². The Labute approximate surface area is 199 Å². The van der Waals surface area contributed by atoms with E-state index in [1.54, 1.807) is 13.0 Å². The molecule has 3 rings (SSSR count). The fourth-order valence-electron chi connectivity index (χ4n) is 4.36. The predicted octanol–water partition coefficient (Wildman–Crippen LogP) is 0.781. The van der Waals surface area contributed by atoms with Crippen LogP contribution >= 0.6 is 11.8 Å². The number of thioether (sulfide) groups is 1. The van der Waals surface area contributed by atoms with Crippen molar-refractivity contribution >= 4 is 47.0 Å². The van der Waals surface area contributed by atoms with Crippen molar-refractivity contribution in [2.75, 3.05) is 11.9 Å². The van der Waals surface area contributed by atoms with Crippen molar-refractivity contribution in [2.24, 2.45) is 16.8 Å². The molecular weight excluding hydrogens is 466 g/mol. The first-order valence-corrected chi connectivity index (χ1v) is 11.7. The van der Waals surface area contributed by atoms with Crippen LogP contribution in [0.15, 0.2) is 29.3 Å². The summed E-state index contributed by atoms with van der Waals surface area (Å²) in [5.41, 5.74) is 0.272. The second-order valence-electron chi connectivity index (χ2n) is 8.52. The van der Waals surface area contributed by atoms with Gasteiger partial charge in [-0.05, 0) is 37.5 Å². The molecule has 1 saturated heterocycles. The molecule has 0 spiro atoms. The van der Waals surface area contributed by atoms with Crippen LogP contribution in [0.25, 0.3) is 0 Å². The lowest BCUT2D eigenvalue weighted by molar-refractivity contribution is -0.146. The Balaban J connectivity index is 1.66. The molecule has 11 nitrogen and oxygen atoms in total. The molecule has 184 valence electrons. The van der Waals surface area contributed by atoms with Crippen molar-refractivity contribution in [3.63, 3.8) is 0 Å². The molecule has 0 bridgehead atoms. The number of aromatic carboxylic acids is 1. The summed E-state index contributed by atoms with van der Waals surface area (Å²) in [4.78, 5) is 51.4. The number of anilines is 1. The number of nitrogens with one attached hydrogen (secondary N) is 2. The Morgan fingerprint density at radius 1 is 1.18 bits per heavy atom. The minimum absolute atomic E-state index is 0.0488. The number of hydrogen-bond acceptors (Lipinski definition) is 8. The number of benzene rings is 1. The van der Waals surface area contributed by atoms with Crippen molar-refractivity contribution in [1.29, 1.82) is 0 Å². The largest absolute Gasteiger partial charge is 0.481 e. The summed E-state index contributed by atoms with van der Waals surface area (Å²) in [7, 11) is 0. The van der Waals surface area contributed by atoms with Gasteiger partial charge in [-0.3, -0.25) is 14.6 Å². The van der Waals surface area contributed by atoms with E-state index in [-0.39, 0.29) is 22.4 Å². The number of carbonyl (C=O) groups excluding carboxylic acids is 1. The molecule has 34 heavy (non-hydrogen) atoms. The van der Waals surface area contributed by atoms with Crippen LogP contribution in [0.5, 0.6) is 0 Å². The van der Waals surface area contributed by atoms with Gasteiger partial charge < -0.3 is 31.1 Å². The van der Waals surface area contributed by atoms with Crippen molar-refractivity contribution in [1.82, 2.24) is 5.32 Å². The van der Waals surface area contributed by atoms with E-state index in [9.17, 15) is 34.5 Å². The highest BCUT2D eigenvalue weighted by molar-refractivity contribution is 8.01. The Hall–Kier alpha value is -2.96. The normalized spacial score (nSPS) is 28.1. The molecule has 0 saturated carbocycles. The third-order valence-corrected chi connectivity index (χ3v) is 7.78. The molecule has 7 atom stereocenters. The van der Waals surface area contributed by atoms with Gasteiger partial charge >= 0.3 is 17.9 Å². The zero-order valence-electron chi connectivity index (χ0n) is 18.5. The predicted molar refractivity (Wildman–Crippen MR) is 124 cm³/mol. The maximum Gasteiger partial charge on any atom is 0.350 e. The topological polar surface area (TPSA) is 186 Å². The molecule has 0 unspecified atom stereocenters. The van der Waals surface area contributed by atoms with Gasteiger partial charge in [0, 0.05) is 17.5 Å². The number of aliphatic hydroxyl groups excluding tert-OH is 1. The number of aliphatic hydroxyl groups is 1. The summed E-state index contributed by atoms with van der Waals surface area (Å²) in [6.45, 7) is 3.50. The van der Waals surface area contributed by atoms with E-state index < -0.39 is 53.2 Å². The van der Waals surface area contributed by atoms with Crippen molar-refractivity contribution in [3.05, 3.63) is 29.8 Å². The number of carboxylic acid groups (broad SMARTS) is 3. The number of carbonyl (C=O) groups is 4. The first-order valence-electron chi connectivity index (χ1n) is 10.7. The van der Waals surface area contributed by atoms with Crippen molar-refractivity contribution in [2.45, 2.75) is 49.0 Å². The third-order valence-electron chi connectivity index (χ3n) is 6.09. The smallest absolute Gasteiger partial charge is 0.350 e. The summed E-state index contributed by atoms with van der Waals surface area (Å²) in [5, 5.41) is 43.2. The van der Waals surface area contributed by atoms with Crippen molar-refractivity contribution in [3.8, 4) is 0 Å². The minimum Gasteiger partial charge on any atom is -0.481 e. The van der Waals surface area contributed by atoms with Crippen LogP contribution in [0, 0.1) is 11.8 Å². The van der Waals surface area contributed by atoms with E-state index in [0.29, 0.717) is 18.7 Å². The lowest BCUT2D eigenvalue weighted by Crippen LogP contribution is -2.40. The van der Waals surface area contributed by atoms with E-state index >= 15 is 0 Å². The summed E-state index contributed by atoms with van der Waals surface area (Å²) in [5.74, 6) is -5.59. The van der Waals surface area contributed by atoms with Gasteiger partial charge in [0.05, 0.1) is 29.0 Å². The van der Waals surface area contributed by atoms with Crippen LogP contribution in [0.4, 0.5) is 5.69 Å². The molecule has 12 heteroatoms. The van der Waals surface area contributed by atoms with E-state index in [2.05, 4.69) is 15.6 Å². The van der Waals surface area contributed by atoms with Crippen LogP contribution in [0.3, 0.4) is 0 Å². The van der Waals surface area contributed by atoms with Gasteiger partial charge in [-0.15, -0.1) is 11.8 Å². The molecule has 1 aromatic rings. The maximum atomic E-state index is 12.7. The molecule has 0 aliphatic carbocycles. The van der Waals surface area contributed by atoms with Gasteiger partial charge in [0.2, 0.25) is 5.91 Å². The fourth-order valence-corrected chi connectivity index (χ4v) is 5.97. The number of aliphatic carboxylic acids is 2. The molecule has 2 aliphatic rings. The van der Waals surface area contributed by atoms with Crippen LogP contribution in [0.2, 0.25) is 0 Å². The molecule has 2 heterocycles. The van der Waals surface area contributed by atoms with E-state index in [1.165, 1.54) is 36.9 Å². The van der Waals surface area contributed by atoms with Crippen LogP contribution in [0.1, 0.15) is 30.6 Å². The summed E-state index contributed by atoms with van der Waals surface area (Å²) < 4.78 is 0. The standard InChI is InChI=1S/C22H27N3O8S/c1-9-16(15(10(2)26)21(30)31)25-17(22(32)33)18(9)34-13-7-14(23-8-13)19(27)24-12-5-3-4-11(6-12)20(28)29/h3-6,9-10,13-16,18,23,26H,7-8H2,1-2H3,(H,24,27)(H,28,29)(H,30,31)(H,32,33)/t9-,10-,13+,14+,15+,16-,18-/m1/s1. The summed E-state index contributed by atoms with van der Waals surface area (Å²) in [6.07, 6.45) is -0.803. The van der Waals surface area contributed by atoms with E-state index in [4.69, 9.17) is 5.11 Å². The highest BCUT2D eigenvalue weighted by atomic mass is 32.2. The first kappa shape index (κ1) is 25.7. The van der Waals surface area contributed by atoms with Gasteiger partial charge in [-0.1, -0.05) is 13.0 Å². The van der Waals surface area contributed by atoms with Gasteiger partial charge in [0.25, 0.3) is 0 Å². The third kappa shape index (κ3) is 5.57. The number of hydrogen-bond donors (Lipinski definition) is 6. The van der Waals surface area contributed by atoms with Gasteiger partial charge in [0.15, 0.2) is 0 Å². The molecule has 6 N–H and O–H groups in total. The average molecular weight is 494 g/mol. The average Bonchev–Trinajstić information content (AvgIpc) is 3.34. The number of rotatable bonds is 9. The highest BCUT2D eigenvalue weighted by Crippen LogP contribution is 2.39. The van der Waals surface area contributed by atoms with Crippen LogP contribution in [-0.4, -0.2) is 85.2 Å². The molecule has 2 aliphatic heterocycles. The zero-order valence-corrected chi connectivity index (χ0v) is 19.4. The second-order valence-corrected chi connectivity index (χ2v) is 9.97.